The first kappa shape index (κ1) is 13.4. The van der Waals surface area contributed by atoms with Crippen molar-refractivity contribution in [3.63, 3.8) is 0 Å². The van der Waals surface area contributed by atoms with Crippen molar-refractivity contribution < 1.29 is 0 Å². The molecule has 0 aliphatic heterocycles. The Bertz CT molecular complexity index is 1210. The van der Waals surface area contributed by atoms with Crippen LogP contribution in [0.4, 0.5) is 0 Å². The molecule has 5 aromatic rings. The number of hydrogen-bond donors (Lipinski definition) is 0. The molecule has 0 amide bonds. The van der Waals surface area contributed by atoms with E-state index >= 15 is 0 Å². The Hall–Kier alpha value is -3.07. The van der Waals surface area contributed by atoms with E-state index in [1.54, 1.807) is 0 Å². The molecule has 2 aromatic heterocycles. The van der Waals surface area contributed by atoms with Crippen LogP contribution in [0.3, 0.4) is 0 Å². The van der Waals surface area contributed by atoms with Gasteiger partial charge < -0.3 is 0 Å². The van der Waals surface area contributed by atoms with Gasteiger partial charge in [0.25, 0.3) is 0 Å². The molecule has 0 saturated carbocycles. The van der Waals surface area contributed by atoms with E-state index in [0.29, 0.717) is 0 Å². The number of fused-ring (bicyclic) bond motifs is 5. The molecule has 0 aliphatic carbocycles. The lowest BCUT2D eigenvalue weighted by Crippen LogP contribution is -1.94. The molecule has 3 heteroatoms. The van der Waals surface area contributed by atoms with Crippen molar-refractivity contribution in [1.82, 2.24) is 14.0 Å². The van der Waals surface area contributed by atoms with Crippen LogP contribution in [0.1, 0.15) is 11.1 Å². The average Bonchev–Trinajstić information content (AvgIpc) is 3.09. The summed E-state index contributed by atoms with van der Waals surface area (Å²) in [4.78, 5) is 4.93. The highest BCUT2D eigenvalue weighted by molar-refractivity contribution is 5.92. The predicted octanol–water partition coefficient (Wildman–Crippen LogP) is 5.05. The van der Waals surface area contributed by atoms with Crippen molar-refractivity contribution in [1.29, 1.82) is 0 Å². The largest absolute Gasteiger partial charge is 0.278 e. The summed E-state index contributed by atoms with van der Waals surface area (Å²) >= 11 is 0. The summed E-state index contributed by atoms with van der Waals surface area (Å²) in [5.74, 6) is 0.961. The number of para-hydroxylation sites is 1. The van der Waals surface area contributed by atoms with Crippen LogP contribution < -0.4 is 0 Å². The van der Waals surface area contributed by atoms with Crippen molar-refractivity contribution >= 4 is 27.8 Å². The van der Waals surface area contributed by atoms with Crippen molar-refractivity contribution in [2.75, 3.05) is 0 Å². The Morgan fingerprint density at radius 1 is 0.708 bits per heavy atom. The molecular weight excluding hydrogens is 294 g/mol. The SMILES string of the molecule is Cc1ccc2nc3n(-c4ccccc4)c4ccc(C)cc4n3c2c1. The van der Waals surface area contributed by atoms with Gasteiger partial charge in [0.2, 0.25) is 5.78 Å². The second-order valence-electron chi connectivity index (χ2n) is 6.40. The summed E-state index contributed by atoms with van der Waals surface area (Å²) in [6.07, 6.45) is 0. The lowest BCUT2D eigenvalue weighted by atomic mass is 10.2. The highest BCUT2D eigenvalue weighted by atomic mass is 15.2. The maximum Gasteiger partial charge on any atom is 0.220 e. The molecule has 2 heterocycles. The molecule has 0 aliphatic rings. The number of benzene rings is 3. The van der Waals surface area contributed by atoms with Crippen LogP contribution >= 0.6 is 0 Å². The van der Waals surface area contributed by atoms with Gasteiger partial charge in [-0.25, -0.2) is 4.98 Å². The molecule has 24 heavy (non-hydrogen) atoms. The molecule has 116 valence electrons. The quantitative estimate of drug-likeness (QED) is 0.425. The van der Waals surface area contributed by atoms with Crippen LogP contribution in [0.2, 0.25) is 0 Å². The Balaban J connectivity index is 2.05. The van der Waals surface area contributed by atoms with Crippen molar-refractivity contribution in [2.24, 2.45) is 0 Å². The molecule has 0 unspecified atom stereocenters. The third-order valence-corrected chi connectivity index (χ3v) is 4.62. The molecule has 0 fully saturated rings. The van der Waals surface area contributed by atoms with E-state index in [0.717, 1.165) is 22.5 Å². The van der Waals surface area contributed by atoms with Crippen LogP contribution in [-0.2, 0) is 0 Å². The third kappa shape index (κ3) is 1.75. The monoisotopic (exact) mass is 311 g/mol. The van der Waals surface area contributed by atoms with Crippen LogP contribution in [-0.4, -0.2) is 14.0 Å². The minimum absolute atomic E-state index is 0.961. The molecule has 0 N–H and O–H groups in total. The van der Waals surface area contributed by atoms with Gasteiger partial charge in [-0.15, -0.1) is 0 Å². The number of rotatable bonds is 1. The Kier molecular flexibility index (Phi) is 2.63. The van der Waals surface area contributed by atoms with E-state index in [1.807, 2.05) is 6.07 Å². The van der Waals surface area contributed by atoms with Gasteiger partial charge in [-0.2, -0.15) is 0 Å². The molecule has 3 aromatic carbocycles. The van der Waals surface area contributed by atoms with E-state index in [9.17, 15) is 0 Å². The number of aryl methyl sites for hydroxylation is 2. The molecule has 0 atom stereocenters. The first-order valence-electron chi connectivity index (χ1n) is 8.18. The van der Waals surface area contributed by atoms with Crippen LogP contribution in [0.5, 0.6) is 0 Å². The first-order valence-corrected chi connectivity index (χ1v) is 8.18. The van der Waals surface area contributed by atoms with Gasteiger partial charge in [0, 0.05) is 5.69 Å². The van der Waals surface area contributed by atoms with E-state index < -0.39 is 0 Å². The van der Waals surface area contributed by atoms with Gasteiger partial charge in [-0.3, -0.25) is 8.97 Å². The Labute approximate surface area is 139 Å². The fourth-order valence-corrected chi connectivity index (χ4v) is 3.50. The van der Waals surface area contributed by atoms with Crippen molar-refractivity contribution in [2.45, 2.75) is 13.8 Å². The summed E-state index contributed by atoms with van der Waals surface area (Å²) in [5, 5.41) is 0. The lowest BCUT2D eigenvalue weighted by molar-refractivity contribution is 1.11. The number of nitrogens with zero attached hydrogens (tertiary/aromatic N) is 3. The van der Waals surface area contributed by atoms with E-state index in [4.69, 9.17) is 4.98 Å². The van der Waals surface area contributed by atoms with Gasteiger partial charge in [0.15, 0.2) is 0 Å². The standard InChI is InChI=1S/C21H17N3/c1-14-8-10-17-19(12-14)24-20-13-15(2)9-11-18(20)23(21(24)22-17)16-6-4-3-5-7-16/h3-13H,1-2H3. The van der Waals surface area contributed by atoms with Crippen molar-refractivity contribution in [3.05, 3.63) is 77.9 Å². The highest BCUT2D eigenvalue weighted by Gasteiger charge is 2.16. The number of hydrogen-bond acceptors (Lipinski definition) is 1. The Morgan fingerprint density at radius 2 is 1.42 bits per heavy atom. The first-order chi connectivity index (χ1) is 11.7. The summed E-state index contributed by atoms with van der Waals surface area (Å²) in [6.45, 7) is 4.26. The number of imidazole rings is 2. The number of aromatic nitrogens is 3. The smallest absolute Gasteiger partial charge is 0.220 e. The summed E-state index contributed by atoms with van der Waals surface area (Å²) in [7, 11) is 0. The zero-order valence-electron chi connectivity index (χ0n) is 13.7. The zero-order valence-corrected chi connectivity index (χ0v) is 13.7. The fourth-order valence-electron chi connectivity index (χ4n) is 3.50. The molecule has 5 rings (SSSR count). The summed E-state index contributed by atoms with van der Waals surface area (Å²) < 4.78 is 4.52. The van der Waals surface area contributed by atoms with Crippen LogP contribution in [0, 0.1) is 13.8 Å². The average molecular weight is 311 g/mol. The molecular formula is C21H17N3. The third-order valence-electron chi connectivity index (χ3n) is 4.62. The normalized spacial score (nSPS) is 11.8. The molecule has 0 saturated heterocycles. The van der Waals surface area contributed by atoms with Crippen LogP contribution in [0.15, 0.2) is 66.7 Å². The molecule has 0 bridgehead atoms. The second kappa shape index (κ2) is 4.71. The molecule has 0 spiro atoms. The molecule has 0 radical (unpaired) electrons. The maximum absolute atomic E-state index is 4.93. The summed E-state index contributed by atoms with van der Waals surface area (Å²) in [5.41, 5.74) is 8.20. The molecule has 3 nitrogen and oxygen atoms in total. The maximum atomic E-state index is 4.93. The predicted molar refractivity (Wildman–Crippen MR) is 99.0 cm³/mol. The van der Waals surface area contributed by atoms with E-state index in [2.05, 4.69) is 83.5 Å². The zero-order chi connectivity index (χ0) is 16.3. The minimum atomic E-state index is 0.961. The van der Waals surface area contributed by atoms with Gasteiger partial charge in [-0.1, -0.05) is 30.3 Å². The Morgan fingerprint density at radius 3 is 2.21 bits per heavy atom. The topological polar surface area (TPSA) is 22.2 Å². The van der Waals surface area contributed by atoms with Gasteiger partial charge >= 0.3 is 0 Å². The lowest BCUT2D eigenvalue weighted by Gasteiger charge is -2.04. The summed E-state index contributed by atoms with van der Waals surface area (Å²) in [6, 6.07) is 23.5. The van der Waals surface area contributed by atoms with Gasteiger partial charge in [0.1, 0.15) is 0 Å². The second-order valence-corrected chi connectivity index (χ2v) is 6.40. The van der Waals surface area contributed by atoms with Crippen LogP contribution in [0.25, 0.3) is 33.5 Å². The van der Waals surface area contributed by atoms with Gasteiger partial charge in [0.05, 0.1) is 22.1 Å². The fraction of sp³-hybridized carbons (Fsp3) is 0.0952. The van der Waals surface area contributed by atoms with Crippen molar-refractivity contribution in [3.8, 4) is 5.69 Å². The van der Waals surface area contributed by atoms with E-state index in [-0.39, 0.29) is 0 Å². The minimum Gasteiger partial charge on any atom is -0.278 e. The van der Waals surface area contributed by atoms with Gasteiger partial charge in [-0.05, 0) is 61.4 Å². The van der Waals surface area contributed by atoms with E-state index in [1.165, 1.54) is 22.2 Å². The highest BCUT2D eigenvalue weighted by Crippen LogP contribution is 2.30.